The lowest BCUT2D eigenvalue weighted by Crippen LogP contribution is -2.25. The summed E-state index contributed by atoms with van der Waals surface area (Å²) in [5.74, 6) is -0.673. The van der Waals surface area contributed by atoms with Crippen molar-refractivity contribution in [2.45, 2.75) is 20.0 Å². The van der Waals surface area contributed by atoms with E-state index in [0.29, 0.717) is 11.0 Å². The van der Waals surface area contributed by atoms with Crippen LogP contribution >= 0.6 is 15.9 Å². The van der Waals surface area contributed by atoms with Crippen LogP contribution in [0.4, 0.5) is 8.78 Å². The van der Waals surface area contributed by atoms with Crippen LogP contribution in [-0.2, 0) is 4.79 Å². The largest absolute Gasteiger partial charge is 0.434 e. The molecule has 21 heavy (non-hydrogen) atoms. The predicted molar refractivity (Wildman–Crippen MR) is 77.7 cm³/mol. The first kappa shape index (κ1) is 17.1. The van der Waals surface area contributed by atoms with E-state index >= 15 is 0 Å². The lowest BCUT2D eigenvalue weighted by Gasteiger charge is -2.10. The predicted octanol–water partition coefficient (Wildman–Crippen LogP) is 3.48. The molecule has 112 valence electrons. The van der Waals surface area contributed by atoms with Crippen LogP contribution in [0.1, 0.15) is 18.9 Å². The summed E-state index contributed by atoms with van der Waals surface area (Å²) >= 11 is 3.19. The number of carbonyl (C=O) groups excluding carboxylic acids is 1. The molecule has 0 atom stereocenters. The number of hydrogen-bond acceptors (Lipinski definition) is 3. The van der Waals surface area contributed by atoms with E-state index in [1.54, 1.807) is 12.1 Å². The molecule has 0 unspecified atom stereocenters. The second kappa shape index (κ2) is 8.37. The van der Waals surface area contributed by atoms with E-state index in [-0.39, 0.29) is 16.9 Å². The van der Waals surface area contributed by atoms with Crippen molar-refractivity contribution in [3.63, 3.8) is 0 Å². The zero-order valence-corrected chi connectivity index (χ0v) is 12.8. The molecule has 1 aromatic rings. The molecule has 0 spiro atoms. The quantitative estimate of drug-likeness (QED) is 0.625. The van der Waals surface area contributed by atoms with Gasteiger partial charge >= 0.3 is 6.61 Å². The molecule has 0 aromatic heterocycles. The number of carbonyl (C=O) groups is 1. The molecule has 1 rings (SSSR count). The smallest absolute Gasteiger partial charge is 0.387 e. The van der Waals surface area contributed by atoms with Crippen LogP contribution in [0.5, 0.6) is 5.75 Å². The number of ether oxygens (including phenoxy) is 1. The van der Waals surface area contributed by atoms with Gasteiger partial charge in [-0.3, -0.25) is 4.79 Å². The van der Waals surface area contributed by atoms with Crippen molar-refractivity contribution in [2.24, 2.45) is 0 Å². The van der Waals surface area contributed by atoms with Crippen molar-refractivity contribution in [1.29, 1.82) is 5.26 Å². The third kappa shape index (κ3) is 5.16. The van der Waals surface area contributed by atoms with Gasteiger partial charge in [0.1, 0.15) is 17.4 Å². The van der Waals surface area contributed by atoms with Gasteiger partial charge in [0.15, 0.2) is 0 Å². The second-order valence-electron chi connectivity index (χ2n) is 3.96. The van der Waals surface area contributed by atoms with E-state index < -0.39 is 12.5 Å². The van der Waals surface area contributed by atoms with Crippen LogP contribution in [0.3, 0.4) is 0 Å². The van der Waals surface area contributed by atoms with Gasteiger partial charge in [-0.2, -0.15) is 14.0 Å². The summed E-state index contributed by atoms with van der Waals surface area (Å²) in [6.07, 6.45) is 1.94. The van der Waals surface area contributed by atoms with Crippen LogP contribution < -0.4 is 10.1 Å². The minimum absolute atomic E-state index is 0.115. The number of hydrogen-bond donors (Lipinski definition) is 1. The van der Waals surface area contributed by atoms with Crippen molar-refractivity contribution in [3.8, 4) is 11.8 Å². The molecule has 0 aliphatic heterocycles. The molecule has 0 bridgehead atoms. The molecule has 1 amide bonds. The zero-order valence-electron chi connectivity index (χ0n) is 11.2. The maximum absolute atomic E-state index is 12.4. The maximum Gasteiger partial charge on any atom is 0.387 e. The summed E-state index contributed by atoms with van der Waals surface area (Å²) in [5, 5.41) is 11.6. The molecule has 0 aliphatic carbocycles. The Hall–Kier alpha value is -1.94. The molecule has 0 aliphatic rings. The lowest BCUT2D eigenvalue weighted by atomic mass is 10.1. The van der Waals surface area contributed by atoms with Gasteiger partial charge in [0.2, 0.25) is 0 Å². The highest BCUT2D eigenvalue weighted by Gasteiger charge is 2.14. The fraction of sp³-hybridized carbons (Fsp3) is 0.286. The first-order chi connectivity index (χ1) is 9.99. The lowest BCUT2D eigenvalue weighted by molar-refractivity contribution is -0.117. The van der Waals surface area contributed by atoms with E-state index in [1.807, 2.05) is 6.92 Å². The summed E-state index contributed by atoms with van der Waals surface area (Å²) in [4.78, 5) is 11.8. The number of nitrogens with zero attached hydrogens (tertiary/aromatic N) is 1. The first-order valence-corrected chi connectivity index (χ1v) is 6.92. The highest BCUT2D eigenvalue weighted by atomic mass is 79.9. The molecule has 0 radical (unpaired) electrons. The minimum Gasteiger partial charge on any atom is -0.434 e. The number of nitriles is 1. The Kier molecular flexibility index (Phi) is 6.82. The third-order valence-electron chi connectivity index (χ3n) is 2.42. The Morgan fingerprint density at radius 2 is 2.29 bits per heavy atom. The monoisotopic (exact) mass is 358 g/mol. The normalized spacial score (nSPS) is 11.1. The topological polar surface area (TPSA) is 62.1 Å². The fourth-order valence-electron chi connectivity index (χ4n) is 1.48. The van der Waals surface area contributed by atoms with E-state index in [9.17, 15) is 13.6 Å². The molecule has 0 fully saturated rings. The molecule has 1 N–H and O–H groups in total. The number of rotatable bonds is 6. The van der Waals surface area contributed by atoms with E-state index in [1.165, 1.54) is 18.2 Å². The SMILES string of the molecule is CCCNC(=O)/C(C#N)=C/c1c(Br)cccc1OC(F)F. The standard InChI is InChI=1S/C14H13BrF2N2O2/c1-2-6-19-13(20)9(8-18)7-10-11(15)4-3-5-12(10)21-14(16)17/h3-5,7,14H,2,6H2,1H3,(H,19,20)/b9-7+. The maximum atomic E-state index is 12.4. The van der Waals surface area contributed by atoms with Crippen LogP contribution in [0, 0.1) is 11.3 Å². The van der Waals surface area contributed by atoms with Gasteiger partial charge in [0.25, 0.3) is 5.91 Å². The van der Waals surface area contributed by atoms with Crippen LogP contribution in [0.2, 0.25) is 0 Å². The van der Waals surface area contributed by atoms with Gasteiger partial charge < -0.3 is 10.1 Å². The molecule has 4 nitrogen and oxygen atoms in total. The Morgan fingerprint density at radius 1 is 1.57 bits per heavy atom. The first-order valence-electron chi connectivity index (χ1n) is 6.13. The summed E-state index contributed by atoms with van der Waals surface area (Å²) in [6, 6.07) is 6.20. The molecule has 1 aromatic carbocycles. The molecule has 0 saturated heterocycles. The number of benzene rings is 1. The van der Waals surface area contributed by atoms with Gasteiger partial charge in [-0.1, -0.05) is 28.9 Å². The molecule has 0 saturated carbocycles. The second-order valence-corrected chi connectivity index (χ2v) is 4.81. The number of halogens is 3. The number of amides is 1. The summed E-state index contributed by atoms with van der Waals surface area (Å²) in [5.41, 5.74) is 0.0236. The molecule has 7 heteroatoms. The average molecular weight is 359 g/mol. The van der Waals surface area contributed by atoms with Gasteiger partial charge in [-0.25, -0.2) is 0 Å². The van der Waals surface area contributed by atoms with Gasteiger partial charge in [0.05, 0.1) is 0 Å². The Balaban J connectivity index is 3.16. The minimum atomic E-state index is -2.99. The van der Waals surface area contributed by atoms with Crippen molar-refractivity contribution in [3.05, 3.63) is 33.8 Å². The van der Waals surface area contributed by atoms with Crippen molar-refractivity contribution in [2.75, 3.05) is 6.54 Å². The highest BCUT2D eigenvalue weighted by Crippen LogP contribution is 2.30. The van der Waals surface area contributed by atoms with Gasteiger partial charge in [-0.15, -0.1) is 0 Å². The molecule has 0 heterocycles. The summed E-state index contributed by atoms with van der Waals surface area (Å²) in [6.45, 7) is -0.696. The van der Waals surface area contributed by atoms with E-state index in [0.717, 1.165) is 6.42 Å². The number of nitrogens with one attached hydrogen (secondary N) is 1. The Morgan fingerprint density at radius 3 is 2.86 bits per heavy atom. The van der Waals surface area contributed by atoms with Gasteiger partial charge in [0, 0.05) is 16.6 Å². The Labute approximate surface area is 129 Å². The van der Waals surface area contributed by atoms with Crippen molar-refractivity contribution < 1.29 is 18.3 Å². The van der Waals surface area contributed by atoms with Crippen LogP contribution in [-0.4, -0.2) is 19.1 Å². The van der Waals surface area contributed by atoms with E-state index in [4.69, 9.17) is 5.26 Å². The van der Waals surface area contributed by atoms with Gasteiger partial charge in [-0.05, 0) is 24.6 Å². The van der Waals surface area contributed by atoms with Crippen LogP contribution in [0.25, 0.3) is 6.08 Å². The van der Waals surface area contributed by atoms with Crippen LogP contribution in [0.15, 0.2) is 28.2 Å². The zero-order chi connectivity index (χ0) is 15.8. The number of alkyl halides is 2. The van der Waals surface area contributed by atoms with Crippen molar-refractivity contribution >= 4 is 27.9 Å². The highest BCUT2D eigenvalue weighted by molar-refractivity contribution is 9.10. The molecular formula is C14H13BrF2N2O2. The summed E-state index contributed by atoms with van der Waals surface area (Å²) < 4.78 is 29.6. The average Bonchev–Trinajstić information content (AvgIpc) is 2.43. The Bertz CT molecular complexity index is 583. The van der Waals surface area contributed by atoms with E-state index in [2.05, 4.69) is 26.0 Å². The molecular weight excluding hydrogens is 346 g/mol. The summed E-state index contributed by atoms with van der Waals surface area (Å²) in [7, 11) is 0. The fourth-order valence-corrected chi connectivity index (χ4v) is 1.95. The van der Waals surface area contributed by atoms with Crippen molar-refractivity contribution in [1.82, 2.24) is 5.32 Å². The third-order valence-corrected chi connectivity index (χ3v) is 3.11.